The number of ketones is 1. The van der Waals surface area contributed by atoms with Crippen LogP contribution in [0.2, 0.25) is 0 Å². The minimum Gasteiger partial charge on any atom is -0.465 e. The summed E-state index contributed by atoms with van der Waals surface area (Å²) in [6.45, 7) is 4.73. The summed E-state index contributed by atoms with van der Waals surface area (Å²) in [6.07, 6.45) is 5.00. The van der Waals surface area contributed by atoms with Crippen LogP contribution in [0, 0.1) is 13.8 Å². The highest BCUT2D eigenvalue weighted by atomic mass is 16.5. The lowest BCUT2D eigenvalue weighted by molar-refractivity contribution is 0.0475. The number of para-hydroxylation sites is 1. The molecular weight excluding hydrogens is 456 g/mol. The summed E-state index contributed by atoms with van der Waals surface area (Å²) in [6, 6.07) is 13.1. The van der Waals surface area contributed by atoms with Crippen molar-refractivity contribution in [2.45, 2.75) is 33.2 Å². The third-order valence-electron chi connectivity index (χ3n) is 6.73. The van der Waals surface area contributed by atoms with Crippen LogP contribution in [0.25, 0.3) is 22.6 Å². The average Bonchev–Trinajstić information content (AvgIpc) is 3.60. The Bertz CT molecular complexity index is 1480. The number of fused-ring (bicyclic) bond motifs is 2. The molecule has 0 amide bonds. The van der Waals surface area contributed by atoms with Gasteiger partial charge in [-0.3, -0.25) is 4.79 Å². The molecule has 0 radical (unpaired) electrons. The molecule has 0 spiro atoms. The number of hydrogen-bond acceptors (Lipinski definition) is 6. The second-order valence-corrected chi connectivity index (χ2v) is 8.94. The van der Waals surface area contributed by atoms with Gasteiger partial charge >= 0.3 is 5.97 Å². The van der Waals surface area contributed by atoms with Crippen molar-refractivity contribution in [3.05, 3.63) is 88.3 Å². The molecule has 0 unspecified atom stereocenters. The summed E-state index contributed by atoms with van der Waals surface area (Å²) >= 11 is 0. The number of methoxy groups -OCH3 is 1. The number of rotatable bonds is 8. The maximum Gasteiger partial charge on any atom is 0.339 e. The van der Waals surface area contributed by atoms with Gasteiger partial charge in [0.15, 0.2) is 6.61 Å². The first-order valence-corrected chi connectivity index (χ1v) is 12.0. The summed E-state index contributed by atoms with van der Waals surface area (Å²) in [5.74, 6) is 0.00444. The monoisotopic (exact) mass is 484 g/mol. The molecule has 1 aromatic carbocycles. The number of allylic oxidation sites excluding steroid dienone is 1. The van der Waals surface area contributed by atoms with Crippen LogP contribution in [0.1, 0.15) is 55.5 Å². The molecule has 7 nitrogen and oxygen atoms in total. The van der Waals surface area contributed by atoms with E-state index in [2.05, 4.69) is 0 Å². The summed E-state index contributed by atoms with van der Waals surface area (Å²) < 4.78 is 18.3. The average molecular weight is 485 g/mol. The first-order chi connectivity index (χ1) is 17.5. The van der Waals surface area contributed by atoms with Crippen molar-refractivity contribution in [1.82, 2.24) is 9.55 Å². The lowest BCUT2D eigenvalue weighted by atomic mass is 10.0. The Kier molecular flexibility index (Phi) is 6.57. The highest BCUT2D eigenvalue weighted by Gasteiger charge is 2.28. The standard InChI is InChI=1S/C29H28N2O5/c1-18-15-24(19(2)31(18)12-14-34-3)26(32)17-36-29(33)27-22-8-4-5-9-25(22)30-28-20(10-11-23(27)28)16-21-7-6-13-35-21/h4-9,13,15-16H,10-12,14,17H2,1-3H3. The number of pyridine rings is 1. The molecule has 0 saturated carbocycles. The highest BCUT2D eigenvalue weighted by Crippen LogP contribution is 2.37. The molecule has 7 heteroatoms. The molecule has 184 valence electrons. The smallest absolute Gasteiger partial charge is 0.339 e. The van der Waals surface area contributed by atoms with Gasteiger partial charge in [-0.05, 0) is 68.2 Å². The molecule has 0 bridgehead atoms. The Labute approximate surface area is 209 Å². The van der Waals surface area contributed by atoms with Crippen molar-refractivity contribution in [3.63, 3.8) is 0 Å². The normalized spacial score (nSPS) is 13.9. The molecule has 1 aliphatic rings. The molecule has 4 aromatic rings. The predicted molar refractivity (Wildman–Crippen MR) is 137 cm³/mol. The van der Waals surface area contributed by atoms with Crippen molar-refractivity contribution in [2.24, 2.45) is 0 Å². The van der Waals surface area contributed by atoms with Crippen LogP contribution in [-0.4, -0.2) is 41.6 Å². The van der Waals surface area contributed by atoms with Crippen LogP contribution < -0.4 is 0 Å². The van der Waals surface area contributed by atoms with Crippen LogP contribution in [-0.2, 0) is 22.4 Å². The maximum absolute atomic E-state index is 13.4. The van der Waals surface area contributed by atoms with E-state index in [1.807, 2.05) is 67.0 Å². The Morgan fingerprint density at radius 3 is 2.75 bits per heavy atom. The van der Waals surface area contributed by atoms with Gasteiger partial charge in [0, 0.05) is 36.0 Å². The SMILES string of the molecule is COCCn1c(C)cc(C(=O)COC(=O)c2c3c(nc4ccccc24)C(=Cc2ccco2)CC3)c1C. The number of carbonyl (C=O) groups is 2. The molecule has 0 saturated heterocycles. The molecule has 1 aliphatic carbocycles. The van der Waals surface area contributed by atoms with E-state index in [1.165, 1.54) is 0 Å². The van der Waals surface area contributed by atoms with Gasteiger partial charge in [-0.25, -0.2) is 9.78 Å². The quantitative estimate of drug-likeness (QED) is 0.245. The fourth-order valence-corrected chi connectivity index (χ4v) is 4.95. The van der Waals surface area contributed by atoms with Crippen molar-refractivity contribution in [3.8, 4) is 0 Å². The number of carbonyl (C=O) groups excluding carboxylic acids is 2. The number of ether oxygens (including phenoxy) is 2. The fraction of sp³-hybridized carbons (Fsp3) is 0.276. The molecule has 0 aliphatic heterocycles. The molecule has 0 fully saturated rings. The highest BCUT2D eigenvalue weighted by molar-refractivity contribution is 6.08. The number of aryl methyl sites for hydroxylation is 1. The molecule has 0 atom stereocenters. The zero-order chi connectivity index (χ0) is 25.2. The molecule has 5 rings (SSSR count). The first-order valence-electron chi connectivity index (χ1n) is 12.0. The number of hydrogen-bond donors (Lipinski definition) is 0. The van der Waals surface area contributed by atoms with Gasteiger partial charge in [0.2, 0.25) is 5.78 Å². The van der Waals surface area contributed by atoms with Gasteiger partial charge in [0.1, 0.15) is 5.76 Å². The Balaban J connectivity index is 1.43. The van der Waals surface area contributed by atoms with Crippen molar-refractivity contribution in [2.75, 3.05) is 20.3 Å². The zero-order valence-electron chi connectivity index (χ0n) is 20.7. The number of nitrogens with zero attached hydrogens (tertiary/aromatic N) is 2. The van der Waals surface area contributed by atoms with E-state index in [0.717, 1.165) is 45.8 Å². The first kappa shape index (κ1) is 23.8. The second-order valence-electron chi connectivity index (χ2n) is 8.94. The number of esters is 1. The summed E-state index contributed by atoms with van der Waals surface area (Å²) in [5, 5.41) is 0.727. The minimum atomic E-state index is -0.509. The van der Waals surface area contributed by atoms with Crippen molar-refractivity contribution in [1.29, 1.82) is 0 Å². The van der Waals surface area contributed by atoms with Crippen LogP contribution in [0.15, 0.2) is 53.1 Å². The van der Waals surface area contributed by atoms with E-state index in [9.17, 15) is 9.59 Å². The summed E-state index contributed by atoms with van der Waals surface area (Å²) in [5.41, 5.74) is 6.21. The topological polar surface area (TPSA) is 83.6 Å². The third kappa shape index (κ3) is 4.38. The van der Waals surface area contributed by atoms with Crippen LogP contribution >= 0.6 is 0 Å². The Hall–Kier alpha value is -3.97. The van der Waals surface area contributed by atoms with Gasteiger partial charge in [-0.2, -0.15) is 0 Å². The van der Waals surface area contributed by atoms with Crippen LogP contribution in [0.3, 0.4) is 0 Å². The number of benzene rings is 1. The van der Waals surface area contributed by atoms with Crippen LogP contribution in [0.4, 0.5) is 0 Å². The number of aromatic nitrogens is 2. The van der Waals surface area contributed by atoms with E-state index < -0.39 is 5.97 Å². The predicted octanol–water partition coefficient (Wildman–Crippen LogP) is 5.42. The summed E-state index contributed by atoms with van der Waals surface area (Å²) in [4.78, 5) is 31.3. The molecule has 3 heterocycles. The van der Waals surface area contributed by atoms with Gasteiger partial charge in [-0.1, -0.05) is 18.2 Å². The lowest BCUT2D eigenvalue weighted by Crippen LogP contribution is -2.17. The molecule has 0 N–H and O–H groups in total. The molecule has 36 heavy (non-hydrogen) atoms. The largest absolute Gasteiger partial charge is 0.465 e. The van der Waals surface area contributed by atoms with E-state index >= 15 is 0 Å². The van der Waals surface area contributed by atoms with E-state index in [-0.39, 0.29) is 12.4 Å². The second kappa shape index (κ2) is 9.95. The van der Waals surface area contributed by atoms with Gasteiger partial charge in [-0.15, -0.1) is 0 Å². The summed E-state index contributed by atoms with van der Waals surface area (Å²) in [7, 11) is 1.65. The Morgan fingerprint density at radius 1 is 1.14 bits per heavy atom. The van der Waals surface area contributed by atoms with Crippen molar-refractivity contribution >= 4 is 34.3 Å². The van der Waals surface area contributed by atoms with Gasteiger partial charge in [0.05, 0.1) is 29.6 Å². The molecule has 3 aromatic heterocycles. The zero-order valence-corrected chi connectivity index (χ0v) is 20.7. The van der Waals surface area contributed by atoms with E-state index in [1.54, 1.807) is 13.4 Å². The molecular formula is C29H28N2O5. The van der Waals surface area contributed by atoms with E-state index in [0.29, 0.717) is 36.2 Å². The number of furan rings is 1. The van der Waals surface area contributed by atoms with Gasteiger partial charge < -0.3 is 18.5 Å². The maximum atomic E-state index is 13.4. The van der Waals surface area contributed by atoms with E-state index in [4.69, 9.17) is 18.9 Å². The van der Waals surface area contributed by atoms with Crippen molar-refractivity contribution < 1.29 is 23.5 Å². The number of Topliss-reactive ketones (excluding diaryl/α,β-unsaturated/α-hetero) is 1. The fourth-order valence-electron chi connectivity index (χ4n) is 4.95. The minimum absolute atomic E-state index is 0.228. The van der Waals surface area contributed by atoms with Crippen LogP contribution in [0.5, 0.6) is 0 Å². The lowest BCUT2D eigenvalue weighted by Gasteiger charge is -2.12. The Morgan fingerprint density at radius 2 is 1.97 bits per heavy atom. The van der Waals surface area contributed by atoms with Gasteiger partial charge in [0.25, 0.3) is 0 Å². The third-order valence-corrected chi connectivity index (χ3v) is 6.73.